The number of aromatic amines is 1. The van der Waals surface area contributed by atoms with Crippen molar-refractivity contribution in [3.05, 3.63) is 64.5 Å². The lowest BCUT2D eigenvalue weighted by Crippen LogP contribution is -2.23. The van der Waals surface area contributed by atoms with E-state index >= 15 is 0 Å². The van der Waals surface area contributed by atoms with Gasteiger partial charge in [0.2, 0.25) is 11.7 Å². The third-order valence-electron chi connectivity index (χ3n) is 4.01. The van der Waals surface area contributed by atoms with E-state index in [4.69, 9.17) is 4.52 Å². The SMILES string of the molecule is Cc1nc(-c2ccc(CNC(=O)c3cc(-c4ccc(C)s4)[nH]n3)cc2)no1. The van der Waals surface area contributed by atoms with Crippen molar-refractivity contribution in [3.8, 4) is 22.0 Å². The van der Waals surface area contributed by atoms with E-state index in [0.29, 0.717) is 24.0 Å². The van der Waals surface area contributed by atoms with Gasteiger partial charge in [0.15, 0.2) is 5.69 Å². The highest BCUT2D eigenvalue weighted by molar-refractivity contribution is 7.15. The third-order valence-corrected chi connectivity index (χ3v) is 5.04. The largest absolute Gasteiger partial charge is 0.347 e. The maximum atomic E-state index is 12.3. The van der Waals surface area contributed by atoms with Crippen molar-refractivity contribution < 1.29 is 9.32 Å². The van der Waals surface area contributed by atoms with Crippen LogP contribution in [-0.4, -0.2) is 26.2 Å². The smallest absolute Gasteiger partial charge is 0.272 e. The molecule has 8 heteroatoms. The normalized spacial score (nSPS) is 10.9. The Labute approximate surface area is 159 Å². The van der Waals surface area contributed by atoms with Crippen LogP contribution in [0.3, 0.4) is 0 Å². The van der Waals surface area contributed by atoms with E-state index in [9.17, 15) is 4.79 Å². The van der Waals surface area contributed by atoms with Gasteiger partial charge in [0.1, 0.15) is 0 Å². The Morgan fingerprint density at radius 3 is 2.67 bits per heavy atom. The first-order valence-corrected chi connectivity index (χ1v) is 9.20. The topological polar surface area (TPSA) is 96.7 Å². The summed E-state index contributed by atoms with van der Waals surface area (Å²) >= 11 is 1.66. The van der Waals surface area contributed by atoms with Gasteiger partial charge in [0.05, 0.1) is 10.6 Å². The van der Waals surface area contributed by atoms with Crippen LogP contribution in [0, 0.1) is 13.8 Å². The molecule has 0 radical (unpaired) electrons. The molecule has 0 saturated carbocycles. The number of nitrogens with zero attached hydrogens (tertiary/aromatic N) is 3. The average molecular weight is 379 g/mol. The number of rotatable bonds is 5. The van der Waals surface area contributed by atoms with Crippen LogP contribution < -0.4 is 5.32 Å². The summed E-state index contributed by atoms with van der Waals surface area (Å²) in [4.78, 5) is 18.8. The minimum atomic E-state index is -0.219. The van der Waals surface area contributed by atoms with Crippen molar-refractivity contribution >= 4 is 17.2 Å². The lowest BCUT2D eigenvalue weighted by molar-refractivity contribution is 0.0946. The highest BCUT2D eigenvalue weighted by Gasteiger charge is 2.12. The number of carbonyl (C=O) groups excluding carboxylic acids is 1. The molecular formula is C19H17N5O2S. The van der Waals surface area contributed by atoms with E-state index in [1.54, 1.807) is 24.3 Å². The molecule has 0 unspecified atom stereocenters. The molecule has 27 heavy (non-hydrogen) atoms. The molecule has 2 N–H and O–H groups in total. The molecule has 0 bridgehead atoms. The summed E-state index contributed by atoms with van der Waals surface area (Å²) < 4.78 is 4.99. The Hall–Kier alpha value is -3.26. The lowest BCUT2D eigenvalue weighted by atomic mass is 10.1. The number of amides is 1. The van der Waals surface area contributed by atoms with Gasteiger partial charge in [0, 0.05) is 23.9 Å². The van der Waals surface area contributed by atoms with E-state index in [-0.39, 0.29) is 5.91 Å². The molecule has 0 aliphatic rings. The minimum Gasteiger partial charge on any atom is -0.347 e. The fourth-order valence-corrected chi connectivity index (χ4v) is 3.44. The summed E-state index contributed by atoms with van der Waals surface area (Å²) in [6, 6.07) is 13.5. The molecule has 4 rings (SSSR count). The molecule has 7 nitrogen and oxygen atoms in total. The number of aromatic nitrogens is 4. The van der Waals surface area contributed by atoms with E-state index in [0.717, 1.165) is 21.7 Å². The third kappa shape index (κ3) is 3.80. The Morgan fingerprint density at radius 1 is 1.19 bits per heavy atom. The zero-order chi connectivity index (χ0) is 18.8. The van der Waals surface area contributed by atoms with Gasteiger partial charge in [-0.2, -0.15) is 10.1 Å². The van der Waals surface area contributed by atoms with Gasteiger partial charge in [0.25, 0.3) is 5.91 Å². The second-order valence-corrected chi connectivity index (χ2v) is 7.38. The average Bonchev–Trinajstić information content (AvgIpc) is 3.41. The second kappa shape index (κ2) is 7.16. The Kier molecular flexibility index (Phi) is 4.55. The number of hydrogen-bond donors (Lipinski definition) is 2. The second-order valence-electron chi connectivity index (χ2n) is 6.09. The highest BCUT2D eigenvalue weighted by atomic mass is 32.1. The number of H-pyrrole nitrogens is 1. The van der Waals surface area contributed by atoms with Gasteiger partial charge in [-0.25, -0.2) is 0 Å². The van der Waals surface area contributed by atoms with Gasteiger partial charge < -0.3 is 9.84 Å². The number of hydrogen-bond acceptors (Lipinski definition) is 6. The molecular weight excluding hydrogens is 362 g/mol. The van der Waals surface area contributed by atoms with Crippen molar-refractivity contribution in [2.75, 3.05) is 0 Å². The maximum Gasteiger partial charge on any atom is 0.272 e. The van der Waals surface area contributed by atoms with E-state index in [1.807, 2.05) is 43.3 Å². The molecule has 0 aliphatic carbocycles. The molecule has 1 amide bonds. The summed E-state index contributed by atoms with van der Waals surface area (Å²) in [5.41, 5.74) is 3.05. The first-order chi connectivity index (χ1) is 13.1. The molecule has 1 aromatic carbocycles. The molecule has 136 valence electrons. The summed E-state index contributed by atoms with van der Waals surface area (Å²) in [7, 11) is 0. The quantitative estimate of drug-likeness (QED) is 0.551. The molecule has 0 fully saturated rings. The minimum absolute atomic E-state index is 0.219. The predicted molar refractivity (Wildman–Crippen MR) is 102 cm³/mol. The van der Waals surface area contributed by atoms with Crippen molar-refractivity contribution in [1.82, 2.24) is 25.7 Å². The number of thiophene rings is 1. The van der Waals surface area contributed by atoms with E-state index in [1.165, 1.54) is 4.88 Å². The van der Waals surface area contributed by atoms with Crippen molar-refractivity contribution in [2.45, 2.75) is 20.4 Å². The molecule has 3 heterocycles. The van der Waals surface area contributed by atoms with Crippen LogP contribution >= 0.6 is 11.3 Å². The zero-order valence-electron chi connectivity index (χ0n) is 14.8. The number of benzene rings is 1. The summed E-state index contributed by atoms with van der Waals surface area (Å²) in [6.45, 7) is 4.20. The van der Waals surface area contributed by atoms with Gasteiger partial charge in [-0.1, -0.05) is 29.4 Å². The molecule has 0 atom stereocenters. The number of aryl methyl sites for hydroxylation is 2. The van der Waals surface area contributed by atoms with Crippen LogP contribution in [-0.2, 0) is 6.54 Å². The first kappa shape index (κ1) is 17.2. The van der Waals surface area contributed by atoms with Crippen LogP contribution in [0.2, 0.25) is 0 Å². The van der Waals surface area contributed by atoms with E-state index in [2.05, 4.69) is 25.7 Å². The number of carbonyl (C=O) groups is 1. The molecule has 0 saturated heterocycles. The van der Waals surface area contributed by atoms with Gasteiger partial charge in [-0.3, -0.25) is 9.89 Å². The fourth-order valence-electron chi connectivity index (χ4n) is 2.60. The molecule has 0 spiro atoms. The van der Waals surface area contributed by atoms with Crippen molar-refractivity contribution in [3.63, 3.8) is 0 Å². The van der Waals surface area contributed by atoms with Crippen LogP contribution in [0.15, 0.2) is 47.0 Å². The standard InChI is InChI=1S/C19H17N5O2S/c1-11-3-8-17(27-11)15-9-16(23-22-15)19(25)20-10-13-4-6-14(7-5-13)18-21-12(2)26-24-18/h3-9H,10H2,1-2H3,(H,20,25)(H,22,23). The zero-order valence-corrected chi connectivity index (χ0v) is 15.6. The van der Waals surface area contributed by atoms with Crippen molar-refractivity contribution in [1.29, 1.82) is 0 Å². The monoisotopic (exact) mass is 379 g/mol. The van der Waals surface area contributed by atoms with Crippen LogP contribution in [0.25, 0.3) is 22.0 Å². The van der Waals surface area contributed by atoms with Crippen molar-refractivity contribution in [2.24, 2.45) is 0 Å². The van der Waals surface area contributed by atoms with Crippen LogP contribution in [0.5, 0.6) is 0 Å². The van der Waals surface area contributed by atoms with Crippen LogP contribution in [0.4, 0.5) is 0 Å². The maximum absolute atomic E-state index is 12.3. The lowest BCUT2D eigenvalue weighted by Gasteiger charge is -2.04. The first-order valence-electron chi connectivity index (χ1n) is 8.38. The summed E-state index contributed by atoms with van der Waals surface area (Å²) in [5, 5.41) is 13.8. The highest BCUT2D eigenvalue weighted by Crippen LogP contribution is 2.26. The van der Waals surface area contributed by atoms with Gasteiger partial charge in [-0.05, 0) is 30.7 Å². The summed E-state index contributed by atoms with van der Waals surface area (Å²) in [5.74, 6) is 0.858. The molecule has 4 aromatic rings. The fraction of sp³-hybridized carbons (Fsp3) is 0.158. The van der Waals surface area contributed by atoms with Crippen LogP contribution in [0.1, 0.15) is 26.8 Å². The van der Waals surface area contributed by atoms with Gasteiger partial charge in [-0.15, -0.1) is 11.3 Å². The van der Waals surface area contributed by atoms with Gasteiger partial charge >= 0.3 is 0 Å². The predicted octanol–water partition coefficient (Wildman–Crippen LogP) is 3.74. The summed E-state index contributed by atoms with van der Waals surface area (Å²) in [6.07, 6.45) is 0. The van der Waals surface area contributed by atoms with E-state index < -0.39 is 0 Å². The Bertz CT molecular complexity index is 1080. The molecule has 3 aromatic heterocycles. The number of nitrogens with one attached hydrogen (secondary N) is 2. The molecule has 0 aliphatic heterocycles. The Morgan fingerprint density at radius 2 is 2.00 bits per heavy atom. The Balaban J connectivity index is 1.38.